The van der Waals surface area contributed by atoms with Crippen LogP contribution in [0.25, 0.3) is 0 Å². The summed E-state index contributed by atoms with van der Waals surface area (Å²) in [6.45, 7) is 9.46. The molecule has 1 aliphatic heterocycles. The number of amides is 1. The fourth-order valence-corrected chi connectivity index (χ4v) is 4.44. The first-order valence-electron chi connectivity index (χ1n) is 11.8. The predicted octanol–water partition coefficient (Wildman–Crippen LogP) is 3.01. The molecule has 1 unspecified atom stereocenters. The summed E-state index contributed by atoms with van der Waals surface area (Å²) in [5.74, 6) is 2.48. The topological polar surface area (TPSA) is 60.4 Å². The zero-order valence-electron chi connectivity index (χ0n) is 20.0. The lowest BCUT2D eigenvalue weighted by molar-refractivity contribution is 0.00927. The molecule has 0 radical (unpaired) electrons. The maximum Gasteiger partial charge on any atom is 0.410 e. The second-order valence-corrected chi connectivity index (χ2v) is 10.6. The van der Waals surface area contributed by atoms with Gasteiger partial charge >= 0.3 is 6.09 Å². The van der Waals surface area contributed by atoms with Crippen LogP contribution >= 0.6 is 0 Å². The molecule has 3 aliphatic rings. The van der Waals surface area contributed by atoms with Gasteiger partial charge in [0.1, 0.15) is 5.60 Å². The molecule has 2 aliphatic carbocycles. The van der Waals surface area contributed by atoms with E-state index in [-0.39, 0.29) is 12.1 Å². The Bertz CT molecular complexity index is 597. The number of nitrogens with one attached hydrogen (secondary N) is 1. The summed E-state index contributed by atoms with van der Waals surface area (Å²) in [4.78, 5) is 24.1. The number of hydrogen-bond acceptors (Lipinski definition) is 4. The van der Waals surface area contributed by atoms with Crippen molar-refractivity contribution in [2.45, 2.75) is 77.0 Å². The van der Waals surface area contributed by atoms with Gasteiger partial charge in [0.25, 0.3) is 0 Å². The van der Waals surface area contributed by atoms with Crippen molar-refractivity contribution in [2.75, 3.05) is 47.3 Å². The minimum Gasteiger partial charge on any atom is -0.444 e. The second kappa shape index (κ2) is 9.75. The maximum absolute atomic E-state index is 12.9. The Balaban J connectivity index is 1.52. The molecule has 172 valence electrons. The summed E-state index contributed by atoms with van der Waals surface area (Å²) in [6, 6.07) is 0.830. The molecule has 30 heavy (non-hydrogen) atoms. The van der Waals surface area contributed by atoms with Gasteiger partial charge in [0, 0.05) is 45.3 Å². The highest BCUT2D eigenvalue weighted by atomic mass is 16.6. The Kier molecular flexibility index (Phi) is 7.53. The van der Waals surface area contributed by atoms with Crippen LogP contribution in [0.5, 0.6) is 0 Å². The molecule has 1 heterocycles. The van der Waals surface area contributed by atoms with Crippen LogP contribution in [0.4, 0.5) is 4.79 Å². The molecule has 2 saturated carbocycles. The minimum absolute atomic E-state index is 0.145. The lowest BCUT2D eigenvalue weighted by Gasteiger charge is -2.40. The van der Waals surface area contributed by atoms with Gasteiger partial charge in [0.05, 0.1) is 0 Å². The van der Waals surface area contributed by atoms with Gasteiger partial charge in [0.2, 0.25) is 0 Å². The first kappa shape index (κ1) is 23.2. The monoisotopic (exact) mass is 421 g/mol. The molecule has 0 bridgehead atoms. The number of carbonyl (C=O) groups excluding carboxylic acids is 1. The quantitative estimate of drug-likeness (QED) is 0.506. The van der Waals surface area contributed by atoms with E-state index in [9.17, 15) is 4.79 Å². The Morgan fingerprint density at radius 3 is 2.23 bits per heavy atom. The largest absolute Gasteiger partial charge is 0.444 e. The van der Waals surface area contributed by atoms with Crippen LogP contribution in [-0.4, -0.2) is 91.8 Å². The number of hydrogen-bond donors (Lipinski definition) is 1. The van der Waals surface area contributed by atoms with Gasteiger partial charge in [-0.15, -0.1) is 0 Å². The number of guanidine groups is 1. The molecule has 1 amide bonds. The second-order valence-electron chi connectivity index (χ2n) is 10.6. The Morgan fingerprint density at radius 1 is 1.13 bits per heavy atom. The molecule has 0 aromatic carbocycles. The average Bonchev–Trinajstić information content (AvgIpc) is 3.57. The normalized spacial score (nSPS) is 22.2. The van der Waals surface area contributed by atoms with Crippen molar-refractivity contribution in [3.05, 3.63) is 0 Å². The molecular weight excluding hydrogens is 378 g/mol. The summed E-state index contributed by atoms with van der Waals surface area (Å²) in [5.41, 5.74) is -0.448. The van der Waals surface area contributed by atoms with Gasteiger partial charge in [-0.05, 0) is 85.2 Å². The summed E-state index contributed by atoms with van der Waals surface area (Å²) >= 11 is 0. The van der Waals surface area contributed by atoms with Crippen LogP contribution in [0.3, 0.4) is 0 Å². The molecule has 7 heteroatoms. The van der Waals surface area contributed by atoms with Crippen LogP contribution in [0, 0.1) is 11.8 Å². The number of ether oxygens (including phenoxy) is 1. The van der Waals surface area contributed by atoms with Gasteiger partial charge in [-0.2, -0.15) is 0 Å². The maximum atomic E-state index is 12.9. The third-order valence-corrected chi connectivity index (χ3v) is 6.50. The van der Waals surface area contributed by atoms with Gasteiger partial charge in [-0.3, -0.25) is 4.99 Å². The van der Waals surface area contributed by atoms with E-state index in [1.54, 1.807) is 0 Å². The van der Waals surface area contributed by atoms with Crippen molar-refractivity contribution in [3.63, 3.8) is 0 Å². The number of nitrogens with zero attached hydrogens (tertiary/aromatic N) is 4. The zero-order valence-corrected chi connectivity index (χ0v) is 20.0. The first-order valence-corrected chi connectivity index (χ1v) is 11.8. The van der Waals surface area contributed by atoms with E-state index in [1.807, 2.05) is 32.7 Å². The number of carbonyl (C=O) groups is 1. The zero-order chi connectivity index (χ0) is 21.9. The number of rotatable bonds is 7. The summed E-state index contributed by atoms with van der Waals surface area (Å²) in [7, 11) is 6.21. The fraction of sp³-hybridized carbons (Fsp3) is 0.913. The Morgan fingerprint density at radius 2 is 1.77 bits per heavy atom. The van der Waals surface area contributed by atoms with Crippen LogP contribution in [-0.2, 0) is 4.74 Å². The number of likely N-dealkylation sites (N-methyl/N-ethyl adjacent to an activating group) is 1. The highest BCUT2D eigenvalue weighted by molar-refractivity contribution is 5.80. The van der Waals surface area contributed by atoms with E-state index in [0.29, 0.717) is 12.0 Å². The molecule has 0 aromatic rings. The Labute approximate surface area is 183 Å². The number of likely N-dealkylation sites (tertiary alicyclic amines) is 1. The van der Waals surface area contributed by atoms with Crippen molar-refractivity contribution >= 4 is 12.1 Å². The molecule has 0 aromatic heterocycles. The molecule has 7 nitrogen and oxygen atoms in total. The van der Waals surface area contributed by atoms with Crippen molar-refractivity contribution < 1.29 is 9.53 Å². The van der Waals surface area contributed by atoms with E-state index < -0.39 is 5.60 Å². The summed E-state index contributed by atoms with van der Waals surface area (Å²) in [6.07, 6.45) is 6.95. The Hall–Kier alpha value is -1.50. The van der Waals surface area contributed by atoms with Crippen molar-refractivity contribution in [1.29, 1.82) is 0 Å². The van der Waals surface area contributed by atoms with Crippen molar-refractivity contribution in [2.24, 2.45) is 16.8 Å². The van der Waals surface area contributed by atoms with Crippen LogP contribution < -0.4 is 5.32 Å². The third kappa shape index (κ3) is 6.76. The SMILES string of the molecule is CN=C(NCC(C1CC1)N(C)C)N1CCC(N(CC2CC2)C(=O)OC(C)(C)C)CC1. The molecule has 1 saturated heterocycles. The van der Waals surface area contributed by atoms with Gasteiger partial charge in [-0.25, -0.2) is 4.79 Å². The highest BCUT2D eigenvalue weighted by Crippen LogP contribution is 2.34. The van der Waals surface area contributed by atoms with Gasteiger partial charge < -0.3 is 24.8 Å². The van der Waals surface area contributed by atoms with Gasteiger partial charge in [0.15, 0.2) is 5.96 Å². The molecule has 3 fully saturated rings. The number of aliphatic imine (C=N–C) groups is 1. The molecular formula is C23H43N5O2. The van der Waals surface area contributed by atoms with Crippen LogP contribution in [0.2, 0.25) is 0 Å². The smallest absolute Gasteiger partial charge is 0.410 e. The predicted molar refractivity (Wildman–Crippen MR) is 122 cm³/mol. The number of piperidine rings is 1. The van der Waals surface area contributed by atoms with Crippen LogP contribution in [0.15, 0.2) is 4.99 Å². The highest BCUT2D eigenvalue weighted by Gasteiger charge is 2.36. The molecule has 1 atom stereocenters. The molecule has 3 rings (SSSR count). The van der Waals surface area contributed by atoms with Crippen LogP contribution in [0.1, 0.15) is 59.3 Å². The van der Waals surface area contributed by atoms with E-state index in [0.717, 1.165) is 50.9 Å². The van der Waals surface area contributed by atoms with E-state index in [2.05, 4.69) is 34.2 Å². The summed E-state index contributed by atoms with van der Waals surface area (Å²) < 4.78 is 5.73. The minimum atomic E-state index is -0.448. The van der Waals surface area contributed by atoms with E-state index in [1.165, 1.54) is 25.7 Å². The third-order valence-electron chi connectivity index (χ3n) is 6.50. The lowest BCUT2D eigenvalue weighted by atomic mass is 10.0. The first-order chi connectivity index (χ1) is 14.2. The lowest BCUT2D eigenvalue weighted by Crippen LogP contribution is -2.54. The van der Waals surface area contributed by atoms with Gasteiger partial charge in [-0.1, -0.05) is 0 Å². The summed E-state index contributed by atoms with van der Waals surface area (Å²) in [5, 5.41) is 3.61. The molecule has 0 spiro atoms. The van der Waals surface area contributed by atoms with E-state index in [4.69, 9.17) is 4.74 Å². The average molecular weight is 422 g/mol. The fourth-order valence-electron chi connectivity index (χ4n) is 4.44. The van der Waals surface area contributed by atoms with Crippen molar-refractivity contribution in [3.8, 4) is 0 Å². The molecule has 1 N–H and O–H groups in total. The van der Waals surface area contributed by atoms with E-state index >= 15 is 0 Å². The standard InChI is InChI=1S/C23H43N5O2/c1-23(2,3)30-22(29)28(16-17-7-8-17)19-11-13-27(14-12-19)21(24-4)25-15-20(26(5)6)18-9-10-18/h17-20H,7-16H2,1-6H3,(H,24,25). The van der Waals surface area contributed by atoms with Crippen molar-refractivity contribution in [1.82, 2.24) is 20.0 Å².